The number of piperazine rings is 1. The van der Waals surface area contributed by atoms with E-state index in [1.165, 1.54) is 52.0 Å². The minimum atomic E-state index is 0.869. The van der Waals surface area contributed by atoms with Crippen molar-refractivity contribution in [1.29, 1.82) is 0 Å². The van der Waals surface area contributed by atoms with Crippen LogP contribution in [0.15, 0.2) is 0 Å². The van der Waals surface area contributed by atoms with Gasteiger partial charge in [-0.05, 0) is 11.8 Å². The van der Waals surface area contributed by atoms with Crippen LogP contribution in [-0.4, -0.2) is 37.6 Å². The van der Waals surface area contributed by atoms with Crippen LogP contribution in [-0.2, 0) is 0 Å². The molecule has 2 unspecified atom stereocenters. The predicted octanol–water partition coefficient (Wildman–Crippen LogP) is 2.35. The summed E-state index contributed by atoms with van der Waals surface area (Å²) < 4.78 is 0. The molecule has 1 fully saturated rings. The normalized spacial score (nSPS) is 22.6. The molecule has 1 aliphatic heterocycles. The average Bonchev–Trinajstić information content (AvgIpc) is 2.27. The summed E-state index contributed by atoms with van der Waals surface area (Å²) >= 11 is 0. The molecule has 1 aliphatic rings. The number of nitrogens with zero attached hydrogens (tertiary/aromatic N) is 1. The van der Waals surface area contributed by atoms with Gasteiger partial charge in [-0.2, -0.15) is 0 Å². The van der Waals surface area contributed by atoms with Gasteiger partial charge in [0.15, 0.2) is 0 Å². The fourth-order valence-corrected chi connectivity index (χ4v) is 2.71. The minimum Gasteiger partial charge on any atom is -0.314 e. The van der Waals surface area contributed by atoms with Gasteiger partial charge in [0.2, 0.25) is 0 Å². The fourth-order valence-electron chi connectivity index (χ4n) is 2.71. The van der Waals surface area contributed by atoms with Crippen molar-refractivity contribution in [2.45, 2.75) is 40.0 Å². The zero-order chi connectivity index (χ0) is 11.1. The van der Waals surface area contributed by atoms with Crippen molar-refractivity contribution in [2.75, 3.05) is 32.7 Å². The molecular formula is C13H28N2. The summed E-state index contributed by atoms with van der Waals surface area (Å²) in [7, 11) is 0. The summed E-state index contributed by atoms with van der Waals surface area (Å²) in [4.78, 5) is 2.62. The highest BCUT2D eigenvalue weighted by molar-refractivity contribution is 4.73. The molecule has 0 spiro atoms. The Hall–Kier alpha value is -0.0800. The zero-order valence-corrected chi connectivity index (χ0v) is 10.8. The standard InChI is InChI=1S/C13H28N2/c1-4-6-13(5-2)12(3)11-15-9-7-14-8-10-15/h12-14H,4-11H2,1-3H3. The SMILES string of the molecule is CCCC(CC)C(C)CN1CCNCC1. The van der Waals surface area contributed by atoms with Gasteiger partial charge in [0.05, 0.1) is 0 Å². The third kappa shape index (κ3) is 4.52. The zero-order valence-electron chi connectivity index (χ0n) is 10.8. The van der Waals surface area contributed by atoms with Crippen LogP contribution in [0.25, 0.3) is 0 Å². The van der Waals surface area contributed by atoms with E-state index in [4.69, 9.17) is 0 Å². The molecule has 2 nitrogen and oxygen atoms in total. The van der Waals surface area contributed by atoms with E-state index in [1.807, 2.05) is 0 Å². The number of hydrogen-bond acceptors (Lipinski definition) is 2. The monoisotopic (exact) mass is 212 g/mol. The van der Waals surface area contributed by atoms with Gasteiger partial charge in [-0.25, -0.2) is 0 Å². The van der Waals surface area contributed by atoms with Crippen molar-refractivity contribution in [3.63, 3.8) is 0 Å². The van der Waals surface area contributed by atoms with Crippen molar-refractivity contribution in [3.05, 3.63) is 0 Å². The van der Waals surface area contributed by atoms with Crippen molar-refractivity contribution in [3.8, 4) is 0 Å². The number of hydrogen-bond donors (Lipinski definition) is 1. The maximum absolute atomic E-state index is 3.41. The van der Waals surface area contributed by atoms with Gasteiger partial charge in [0, 0.05) is 32.7 Å². The molecule has 0 bridgehead atoms. The van der Waals surface area contributed by atoms with Crippen molar-refractivity contribution >= 4 is 0 Å². The Kier molecular flexibility index (Phi) is 6.26. The van der Waals surface area contributed by atoms with E-state index in [1.54, 1.807) is 0 Å². The molecule has 15 heavy (non-hydrogen) atoms. The van der Waals surface area contributed by atoms with Crippen LogP contribution in [0.5, 0.6) is 0 Å². The van der Waals surface area contributed by atoms with Crippen LogP contribution >= 0.6 is 0 Å². The first-order valence-corrected chi connectivity index (χ1v) is 6.71. The van der Waals surface area contributed by atoms with E-state index in [9.17, 15) is 0 Å². The third-order valence-electron chi connectivity index (χ3n) is 3.74. The molecule has 90 valence electrons. The van der Waals surface area contributed by atoms with Crippen molar-refractivity contribution in [1.82, 2.24) is 10.2 Å². The summed E-state index contributed by atoms with van der Waals surface area (Å²) in [5.41, 5.74) is 0. The second-order valence-electron chi connectivity index (χ2n) is 4.98. The molecule has 0 saturated carbocycles. The molecule has 1 heterocycles. The lowest BCUT2D eigenvalue weighted by molar-refractivity contribution is 0.174. The molecule has 0 aromatic heterocycles. The molecule has 0 aromatic rings. The molecule has 0 radical (unpaired) electrons. The topological polar surface area (TPSA) is 15.3 Å². The molecule has 2 heteroatoms. The van der Waals surface area contributed by atoms with Crippen LogP contribution < -0.4 is 5.32 Å². The van der Waals surface area contributed by atoms with Crippen LogP contribution in [0.4, 0.5) is 0 Å². The first kappa shape index (κ1) is 13.0. The second-order valence-corrected chi connectivity index (χ2v) is 4.98. The average molecular weight is 212 g/mol. The smallest absolute Gasteiger partial charge is 0.0107 e. The molecule has 0 aliphatic carbocycles. The summed E-state index contributed by atoms with van der Waals surface area (Å²) in [6.45, 7) is 13.2. The largest absolute Gasteiger partial charge is 0.314 e. The lowest BCUT2D eigenvalue weighted by Crippen LogP contribution is -2.45. The van der Waals surface area contributed by atoms with Gasteiger partial charge in [-0.15, -0.1) is 0 Å². The Bertz CT molecular complexity index is 153. The molecule has 1 rings (SSSR count). The molecular weight excluding hydrogens is 184 g/mol. The highest BCUT2D eigenvalue weighted by Gasteiger charge is 2.18. The van der Waals surface area contributed by atoms with Crippen LogP contribution in [0.3, 0.4) is 0 Å². The fraction of sp³-hybridized carbons (Fsp3) is 1.00. The van der Waals surface area contributed by atoms with Gasteiger partial charge < -0.3 is 10.2 Å². The predicted molar refractivity (Wildman–Crippen MR) is 67.2 cm³/mol. The highest BCUT2D eigenvalue weighted by Crippen LogP contribution is 2.22. The van der Waals surface area contributed by atoms with E-state index in [-0.39, 0.29) is 0 Å². The Balaban J connectivity index is 2.27. The van der Waals surface area contributed by atoms with E-state index in [0.717, 1.165) is 11.8 Å². The second kappa shape index (κ2) is 7.24. The molecule has 2 atom stereocenters. The van der Waals surface area contributed by atoms with Crippen molar-refractivity contribution in [2.24, 2.45) is 11.8 Å². The Morgan fingerprint density at radius 2 is 1.87 bits per heavy atom. The number of rotatable bonds is 6. The van der Waals surface area contributed by atoms with Gasteiger partial charge >= 0.3 is 0 Å². The van der Waals surface area contributed by atoms with Crippen LogP contribution in [0.1, 0.15) is 40.0 Å². The van der Waals surface area contributed by atoms with E-state index in [0.29, 0.717) is 0 Å². The lowest BCUT2D eigenvalue weighted by atomic mass is 9.87. The Labute approximate surface area is 95.4 Å². The quantitative estimate of drug-likeness (QED) is 0.727. The van der Waals surface area contributed by atoms with Gasteiger partial charge in [0.25, 0.3) is 0 Å². The van der Waals surface area contributed by atoms with Crippen LogP contribution in [0, 0.1) is 11.8 Å². The first-order valence-electron chi connectivity index (χ1n) is 6.71. The first-order chi connectivity index (χ1) is 7.27. The summed E-state index contributed by atoms with van der Waals surface area (Å²) in [6.07, 6.45) is 4.09. The molecule has 1 saturated heterocycles. The van der Waals surface area contributed by atoms with E-state index in [2.05, 4.69) is 31.0 Å². The maximum atomic E-state index is 3.41. The third-order valence-corrected chi connectivity index (χ3v) is 3.74. The van der Waals surface area contributed by atoms with Gasteiger partial charge in [-0.1, -0.05) is 40.0 Å². The molecule has 0 amide bonds. The summed E-state index contributed by atoms with van der Waals surface area (Å²) in [5.74, 6) is 1.80. The van der Waals surface area contributed by atoms with E-state index >= 15 is 0 Å². The van der Waals surface area contributed by atoms with Crippen molar-refractivity contribution < 1.29 is 0 Å². The molecule has 0 aromatic carbocycles. The molecule has 1 N–H and O–H groups in total. The summed E-state index contributed by atoms with van der Waals surface area (Å²) in [5, 5.41) is 3.41. The maximum Gasteiger partial charge on any atom is 0.0107 e. The Morgan fingerprint density at radius 3 is 2.40 bits per heavy atom. The van der Waals surface area contributed by atoms with Gasteiger partial charge in [0.1, 0.15) is 0 Å². The van der Waals surface area contributed by atoms with Crippen LogP contribution in [0.2, 0.25) is 0 Å². The summed E-state index contributed by atoms with van der Waals surface area (Å²) in [6, 6.07) is 0. The van der Waals surface area contributed by atoms with Gasteiger partial charge in [-0.3, -0.25) is 0 Å². The lowest BCUT2D eigenvalue weighted by Gasteiger charge is -2.32. The number of nitrogens with one attached hydrogen (secondary N) is 1. The minimum absolute atomic E-state index is 0.869. The Morgan fingerprint density at radius 1 is 1.20 bits per heavy atom. The van der Waals surface area contributed by atoms with E-state index < -0.39 is 0 Å². The highest BCUT2D eigenvalue weighted by atomic mass is 15.2.